The second kappa shape index (κ2) is 10.3. The van der Waals surface area contributed by atoms with Crippen LogP contribution in [0.3, 0.4) is 0 Å². The highest BCUT2D eigenvalue weighted by molar-refractivity contribution is 5.92. The summed E-state index contributed by atoms with van der Waals surface area (Å²) in [6.45, 7) is 3.34. The van der Waals surface area contributed by atoms with E-state index in [1.165, 1.54) is 11.8 Å². The molecule has 2 aromatic carbocycles. The number of carbonyl (C=O) groups excluding carboxylic acids is 2. The number of nitrogens with one attached hydrogen (secondary N) is 2. The predicted octanol–water partition coefficient (Wildman–Crippen LogP) is 2.93. The minimum Gasteiger partial charge on any atom is -0.492 e. The molecule has 150 valence electrons. The van der Waals surface area contributed by atoms with E-state index in [0.717, 1.165) is 23.5 Å². The minimum atomic E-state index is -0.299. The summed E-state index contributed by atoms with van der Waals surface area (Å²) in [6, 6.07) is 14.4. The Kier molecular flexibility index (Phi) is 7.83. The normalized spacial score (nSPS) is 10.5. The van der Waals surface area contributed by atoms with Crippen molar-refractivity contribution in [2.45, 2.75) is 13.5 Å². The van der Waals surface area contributed by atoms with Crippen molar-refractivity contribution >= 4 is 23.3 Å². The average molecular weight is 384 g/mol. The number of amides is 3. The molecule has 0 aromatic heterocycles. The molecule has 3 amide bonds. The lowest BCUT2D eigenvalue weighted by atomic mass is 10.2. The van der Waals surface area contributed by atoms with Crippen LogP contribution in [0.15, 0.2) is 48.5 Å². The van der Waals surface area contributed by atoms with Crippen molar-refractivity contribution in [3.05, 3.63) is 54.1 Å². The third-order valence-corrected chi connectivity index (χ3v) is 4.14. The molecule has 28 heavy (non-hydrogen) atoms. The van der Waals surface area contributed by atoms with Crippen LogP contribution in [-0.2, 0) is 11.3 Å². The van der Waals surface area contributed by atoms with E-state index in [0.29, 0.717) is 18.8 Å². The van der Waals surface area contributed by atoms with Gasteiger partial charge in [0, 0.05) is 38.4 Å². The smallest absolute Gasteiger partial charge is 0.319 e. The number of rotatable bonds is 8. The first-order valence-electron chi connectivity index (χ1n) is 9.11. The van der Waals surface area contributed by atoms with Crippen LogP contribution in [0.25, 0.3) is 0 Å². The van der Waals surface area contributed by atoms with Gasteiger partial charge in [0.05, 0.1) is 0 Å². The molecule has 0 fully saturated rings. The van der Waals surface area contributed by atoms with Gasteiger partial charge in [0.25, 0.3) is 0 Å². The molecule has 2 rings (SSSR count). The molecular formula is C21H28N4O3. The largest absolute Gasteiger partial charge is 0.492 e. The molecule has 0 unspecified atom stereocenters. The van der Waals surface area contributed by atoms with Crippen LogP contribution in [0.5, 0.6) is 5.75 Å². The van der Waals surface area contributed by atoms with Crippen molar-refractivity contribution in [1.29, 1.82) is 0 Å². The van der Waals surface area contributed by atoms with E-state index in [4.69, 9.17) is 4.74 Å². The lowest BCUT2D eigenvalue weighted by molar-refractivity contribution is -0.116. The summed E-state index contributed by atoms with van der Waals surface area (Å²) < 4.78 is 5.71. The Hall–Kier alpha value is -3.06. The first kappa shape index (κ1) is 21.2. The highest BCUT2D eigenvalue weighted by atomic mass is 16.5. The molecule has 0 heterocycles. The van der Waals surface area contributed by atoms with Crippen molar-refractivity contribution in [3.63, 3.8) is 0 Å². The molecule has 0 radical (unpaired) electrons. The number of hydrogen-bond acceptors (Lipinski definition) is 4. The molecule has 0 aliphatic rings. The zero-order chi connectivity index (χ0) is 20.5. The molecule has 7 nitrogen and oxygen atoms in total. The summed E-state index contributed by atoms with van der Waals surface area (Å²) in [5.74, 6) is 0.734. The maximum absolute atomic E-state index is 12.1. The van der Waals surface area contributed by atoms with E-state index in [9.17, 15) is 9.59 Å². The highest BCUT2D eigenvalue weighted by Gasteiger charge is 2.07. The Morgan fingerprint density at radius 1 is 1.04 bits per heavy atom. The summed E-state index contributed by atoms with van der Waals surface area (Å²) >= 11 is 0. The quantitative estimate of drug-likeness (QED) is 0.734. The molecule has 0 bridgehead atoms. The van der Waals surface area contributed by atoms with E-state index >= 15 is 0 Å². The van der Waals surface area contributed by atoms with Gasteiger partial charge in [0.1, 0.15) is 12.4 Å². The Labute approximate surface area is 166 Å². The third-order valence-electron chi connectivity index (χ3n) is 4.14. The van der Waals surface area contributed by atoms with Crippen molar-refractivity contribution in [2.75, 3.05) is 44.5 Å². The number of urea groups is 1. The fraction of sp³-hybridized carbons (Fsp3) is 0.333. The van der Waals surface area contributed by atoms with E-state index in [-0.39, 0.29) is 11.9 Å². The van der Waals surface area contributed by atoms with Gasteiger partial charge in [-0.1, -0.05) is 12.1 Å². The molecule has 0 spiro atoms. The first-order chi connectivity index (χ1) is 13.3. The zero-order valence-corrected chi connectivity index (χ0v) is 16.9. The summed E-state index contributed by atoms with van der Waals surface area (Å²) in [5.41, 5.74) is 2.37. The molecule has 0 saturated heterocycles. The molecule has 2 aromatic rings. The molecule has 0 saturated carbocycles. The van der Waals surface area contributed by atoms with E-state index in [1.54, 1.807) is 31.3 Å². The lowest BCUT2D eigenvalue weighted by Gasteiger charge is -2.15. The van der Waals surface area contributed by atoms with Gasteiger partial charge >= 0.3 is 6.03 Å². The van der Waals surface area contributed by atoms with Crippen molar-refractivity contribution < 1.29 is 14.3 Å². The van der Waals surface area contributed by atoms with Crippen LogP contribution in [-0.4, -0.2) is 51.1 Å². The van der Waals surface area contributed by atoms with Crippen LogP contribution in [0.1, 0.15) is 12.5 Å². The first-order valence-corrected chi connectivity index (χ1v) is 9.11. The zero-order valence-electron chi connectivity index (χ0n) is 16.9. The maximum atomic E-state index is 12.1. The summed E-state index contributed by atoms with van der Waals surface area (Å²) in [5, 5.41) is 5.60. The summed E-state index contributed by atoms with van der Waals surface area (Å²) in [7, 11) is 5.70. The number of carbonyl (C=O) groups is 2. The number of likely N-dealkylation sites (N-methyl/N-ethyl adjacent to an activating group) is 1. The molecular weight excluding hydrogens is 356 g/mol. The van der Waals surface area contributed by atoms with Gasteiger partial charge in [0.2, 0.25) is 5.91 Å². The Morgan fingerprint density at radius 3 is 2.39 bits per heavy atom. The second-order valence-corrected chi connectivity index (χ2v) is 6.73. The molecule has 2 N–H and O–H groups in total. The van der Waals surface area contributed by atoms with Crippen LogP contribution < -0.4 is 20.3 Å². The standard InChI is InChI=1S/C21H28N4O3/c1-16(26)25(4)19-10-8-18(9-11-19)23-21(27)22-15-17-6-5-7-20(14-17)28-13-12-24(2)3/h5-11,14H,12-13,15H2,1-4H3,(H2,22,23,27). The fourth-order valence-electron chi connectivity index (χ4n) is 2.40. The van der Waals surface area contributed by atoms with Crippen molar-refractivity contribution in [3.8, 4) is 5.75 Å². The Bertz CT molecular complexity index is 790. The highest BCUT2D eigenvalue weighted by Crippen LogP contribution is 2.17. The minimum absolute atomic E-state index is 0.0497. The van der Waals surface area contributed by atoms with Gasteiger partial charge in [-0.05, 0) is 56.1 Å². The predicted molar refractivity (Wildman–Crippen MR) is 112 cm³/mol. The Morgan fingerprint density at radius 2 is 1.75 bits per heavy atom. The monoisotopic (exact) mass is 384 g/mol. The summed E-state index contributed by atoms with van der Waals surface area (Å²) in [6.07, 6.45) is 0. The van der Waals surface area contributed by atoms with E-state index < -0.39 is 0 Å². The van der Waals surface area contributed by atoms with Crippen molar-refractivity contribution in [1.82, 2.24) is 10.2 Å². The lowest BCUT2D eigenvalue weighted by Crippen LogP contribution is -2.28. The van der Waals surface area contributed by atoms with Gasteiger partial charge in [0.15, 0.2) is 0 Å². The number of benzene rings is 2. The average Bonchev–Trinajstić information content (AvgIpc) is 2.66. The van der Waals surface area contributed by atoms with E-state index in [2.05, 4.69) is 15.5 Å². The SMILES string of the molecule is CC(=O)N(C)c1ccc(NC(=O)NCc2cccc(OCCN(C)C)c2)cc1. The molecule has 0 aliphatic heterocycles. The summed E-state index contributed by atoms with van der Waals surface area (Å²) in [4.78, 5) is 27.1. The number of hydrogen-bond donors (Lipinski definition) is 2. The Balaban J connectivity index is 1.83. The number of ether oxygens (including phenoxy) is 1. The van der Waals surface area contributed by atoms with Gasteiger partial charge in [-0.25, -0.2) is 4.79 Å². The van der Waals surface area contributed by atoms with Crippen molar-refractivity contribution in [2.24, 2.45) is 0 Å². The molecule has 0 aliphatic carbocycles. The van der Waals surface area contributed by atoms with Crippen LogP contribution in [0.2, 0.25) is 0 Å². The number of nitrogens with zero attached hydrogens (tertiary/aromatic N) is 2. The van der Waals surface area contributed by atoms with Gasteiger partial charge < -0.3 is 25.2 Å². The fourth-order valence-corrected chi connectivity index (χ4v) is 2.40. The third kappa shape index (κ3) is 6.92. The second-order valence-electron chi connectivity index (χ2n) is 6.73. The van der Waals surface area contributed by atoms with E-state index in [1.807, 2.05) is 38.4 Å². The number of anilines is 2. The molecule has 7 heteroatoms. The topological polar surface area (TPSA) is 73.9 Å². The van der Waals surface area contributed by atoms with Gasteiger partial charge in [-0.2, -0.15) is 0 Å². The van der Waals surface area contributed by atoms with Crippen LogP contribution in [0, 0.1) is 0 Å². The van der Waals surface area contributed by atoms with Gasteiger partial charge in [-0.3, -0.25) is 4.79 Å². The van der Waals surface area contributed by atoms with Gasteiger partial charge in [-0.15, -0.1) is 0 Å². The maximum Gasteiger partial charge on any atom is 0.319 e. The molecule has 0 atom stereocenters. The van der Waals surface area contributed by atoms with Crippen LogP contribution >= 0.6 is 0 Å². The van der Waals surface area contributed by atoms with Crippen LogP contribution in [0.4, 0.5) is 16.2 Å².